The maximum atomic E-state index is 13.3. The molecule has 0 aliphatic heterocycles. The Hall–Kier alpha value is -7.89. The van der Waals surface area contributed by atoms with Crippen molar-refractivity contribution in [3.05, 3.63) is 123 Å². The number of rotatable bonds is 12. The molecule has 0 aromatic heterocycles. The highest BCUT2D eigenvalue weighted by molar-refractivity contribution is 6.14. The van der Waals surface area contributed by atoms with Gasteiger partial charge in [0.05, 0.1) is 33.4 Å². The van der Waals surface area contributed by atoms with Crippen molar-refractivity contribution in [3.63, 3.8) is 0 Å². The monoisotopic (exact) mass is 699 g/mol. The zero-order valence-corrected chi connectivity index (χ0v) is 25.3. The molecule has 51 heavy (non-hydrogen) atoms. The average molecular weight is 700 g/mol. The fraction of sp³-hybridized carbons (Fsp3) is 0. The Kier molecular flexibility index (Phi) is 10.2. The first kappa shape index (κ1) is 36.0. The molecule has 0 spiro atoms. The van der Waals surface area contributed by atoms with Crippen molar-refractivity contribution in [3.8, 4) is 0 Å². The minimum Gasteiger partial charge on any atom is -0.478 e. The number of benzene rings is 4. The van der Waals surface area contributed by atoms with Crippen LogP contribution in [0, 0.1) is 0 Å². The number of carboxylic acid groups (broad SMARTS) is 6. The van der Waals surface area contributed by atoms with Gasteiger partial charge in [0, 0.05) is 33.8 Å². The molecule has 0 radical (unpaired) electrons. The zero-order valence-electron chi connectivity index (χ0n) is 25.3. The number of nitrogens with one attached hydrogen (secondary N) is 3. The van der Waals surface area contributed by atoms with Crippen LogP contribution in [0.1, 0.15) is 93.2 Å². The summed E-state index contributed by atoms with van der Waals surface area (Å²) < 4.78 is 0. The molecule has 3 amide bonds. The molecular weight excluding hydrogens is 678 g/mol. The van der Waals surface area contributed by atoms with E-state index in [0.717, 1.165) is 72.8 Å². The first-order valence-corrected chi connectivity index (χ1v) is 13.9. The van der Waals surface area contributed by atoms with Crippen molar-refractivity contribution in [1.29, 1.82) is 0 Å². The summed E-state index contributed by atoms with van der Waals surface area (Å²) in [6.07, 6.45) is 0. The number of carboxylic acids is 6. The molecule has 258 valence electrons. The molecule has 9 N–H and O–H groups in total. The van der Waals surface area contributed by atoms with Gasteiger partial charge in [-0.3, -0.25) is 14.4 Å². The van der Waals surface area contributed by atoms with Crippen LogP contribution in [0.25, 0.3) is 0 Å². The predicted molar refractivity (Wildman–Crippen MR) is 171 cm³/mol. The van der Waals surface area contributed by atoms with Crippen molar-refractivity contribution in [1.82, 2.24) is 0 Å². The normalized spacial score (nSPS) is 10.4. The Morgan fingerprint density at radius 1 is 0.314 bits per heavy atom. The minimum absolute atomic E-state index is 0.192. The molecule has 0 bridgehead atoms. The second-order valence-corrected chi connectivity index (χ2v) is 10.3. The molecule has 0 aliphatic carbocycles. The van der Waals surface area contributed by atoms with Gasteiger partial charge in [-0.05, 0) is 72.8 Å². The third-order valence-corrected chi connectivity index (χ3v) is 6.93. The van der Waals surface area contributed by atoms with Crippen LogP contribution in [0.3, 0.4) is 0 Å². The summed E-state index contributed by atoms with van der Waals surface area (Å²) in [6.45, 7) is 0. The van der Waals surface area contributed by atoms with Crippen LogP contribution in [-0.4, -0.2) is 84.2 Å². The van der Waals surface area contributed by atoms with Crippen LogP contribution >= 0.6 is 0 Å². The number of carbonyl (C=O) groups excluding carboxylic acids is 3. The third kappa shape index (κ3) is 8.16. The van der Waals surface area contributed by atoms with E-state index in [1.807, 2.05) is 0 Å². The van der Waals surface area contributed by atoms with Crippen molar-refractivity contribution in [2.24, 2.45) is 0 Å². The second-order valence-electron chi connectivity index (χ2n) is 10.3. The van der Waals surface area contributed by atoms with Gasteiger partial charge in [-0.2, -0.15) is 0 Å². The molecule has 0 heterocycles. The number of hydrogen-bond acceptors (Lipinski definition) is 9. The highest BCUT2D eigenvalue weighted by atomic mass is 16.4. The third-order valence-electron chi connectivity index (χ3n) is 6.93. The minimum atomic E-state index is -1.62. The fourth-order valence-corrected chi connectivity index (χ4v) is 4.59. The Morgan fingerprint density at radius 3 is 0.725 bits per heavy atom. The standard InChI is InChI=1S/C33H21N3O15/c37-25(34-16-1-4-19(28(40)41)22(10-16)31(46)47)13-7-14(26(38)35-17-2-5-20(29(42)43)23(11-17)32(48)49)9-15(8-13)27(39)36-18-3-6-21(30(44)45)24(12-18)33(50)51/h1-12H,(H,34,37)(H,35,38)(H,36,39)(H,40,41)(H,42,43)(H,44,45)(H,46,47)(H,48,49)(H,50,51). The van der Waals surface area contributed by atoms with Gasteiger partial charge in [-0.25, -0.2) is 28.8 Å². The summed E-state index contributed by atoms with van der Waals surface area (Å²) in [6, 6.07) is 11.5. The Balaban J connectivity index is 1.75. The molecule has 0 aliphatic rings. The lowest BCUT2D eigenvalue weighted by Gasteiger charge is -2.13. The molecule has 0 saturated carbocycles. The van der Waals surface area contributed by atoms with Gasteiger partial charge in [0.2, 0.25) is 0 Å². The lowest BCUT2D eigenvalue weighted by atomic mass is 10.0. The first-order valence-electron chi connectivity index (χ1n) is 13.9. The number of aromatic carboxylic acids is 6. The van der Waals surface area contributed by atoms with Gasteiger partial charge in [-0.15, -0.1) is 0 Å². The van der Waals surface area contributed by atoms with Crippen LogP contribution in [-0.2, 0) is 0 Å². The van der Waals surface area contributed by atoms with Crippen LogP contribution in [0.5, 0.6) is 0 Å². The first-order chi connectivity index (χ1) is 24.0. The fourth-order valence-electron chi connectivity index (χ4n) is 4.59. The molecule has 0 fully saturated rings. The van der Waals surface area contributed by atoms with Crippen molar-refractivity contribution in [2.45, 2.75) is 0 Å². The molecular formula is C33H21N3O15. The lowest BCUT2D eigenvalue weighted by molar-refractivity contribution is 0.0651. The number of amides is 3. The van der Waals surface area contributed by atoms with Gasteiger partial charge in [0.25, 0.3) is 17.7 Å². The molecule has 18 nitrogen and oxygen atoms in total. The molecule has 0 saturated heterocycles. The smallest absolute Gasteiger partial charge is 0.336 e. The SMILES string of the molecule is O=C(Nc1ccc(C(=O)O)c(C(=O)O)c1)c1cc(C(=O)Nc2ccc(C(=O)O)c(C(=O)O)c2)cc(C(=O)Nc2ccc(C(=O)O)c(C(=O)O)c2)c1. The van der Waals surface area contributed by atoms with Gasteiger partial charge in [0.15, 0.2) is 0 Å². The van der Waals surface area contributed by atoms with Gasteiger partial charge >= 0.3 is 35.8 Å². The van der Waals surface area contributed by atoms with E-state index in [1.165, 1.54) is 0 Å². The summed E-state index contributed by atoms with van der Waals surface area (Å²) >= 11 is 0. The molecule has 18 heteroatoms. The Labute approximate surface area is 283 Å². The molecule has 0 atom stereocenters. The van der Waals surface area contributed by atoms with E-state index in [-0.39, 0.29) is 17.1 Å². The summed E-state index contributed by atoms with van der Waals surface area (Å²) in [5.41, 5.74) is -5.51. The quantitative estimate of drug-likeness (QED) is 0.102. The molecule has 4 aromatic carbocycles. The second kappa shape index (κ2) is 14.5. The van der Waals surface area contributed by atoms with Crippen LogP contribution in [0.4, 0.5) is 17.1 Å². The van der Waals surface area contributed by atoms with Crippen LogP contribution in [0.2, 0.25) is 0 Å². The van der Waals surface area contributed by atoms with Gasteiger partial charge < -0.3 is 46.6 Å². The summed E-state index contributed by atoms with van der Waals surface area (Å²) in [7, 11) is 0. The maximum absolute atomic E-state index is 13.3. The lowest BCUT2D eigenvalue weighted by Crippen LogP contribution is -2.20. The van der Waals surface area contributed by atoms with Gasteiger partial charge in [-0.1, -0.05) is 0 Å². The largest absolute Gasteiger partial charge is 0.478 e. The number of carbonyl (C=O) groups is 9. The van der Waals surface area contributed by atoms with E-state index in [0.29, 0.717) is 0 Å². The van der Waals surface area contributed by atoms with Crippen LogP contribution in [0.15, 0.2) is 72.8 Å². The van der Waals surface area contributed by atoms with E-state index in [1.54, 1.807) is 0 Å². The summed E-state index contributed by atoms with van der Waals surface area (Å²) in [4.78, 5) is 109. The van der Waals surface area contributed by atoms with E-state index >= 15 is 0 Å². The molecule has 0 unspecified atom stereocenters. The van der Waals surface area contributed by atoms with E-state index in [9.17, 15) is 73.8 Å². The maximum Gasteiger partial charge on any atom is 0.336 e. The van der Waals surface area contributed by atoms with Crippen molar-refractivity contribution >= 4 is 70.6 Å². The zero-order chi connectivity index (χ0) is 37.7. The number of hydrogen-bond donors (Lipinski definition) is 9. The van der Waals surface area contributed by atoms with E-state index in [4.69, 9.17) is 0 Å². The van der Waals surface area contributed by atoms with Gasteiger partial charge in [0.1, 0.15) is 0 Å². The molecule has 4 rings (SSSR count). The summed E-state index contributed by atoms with van der Waals surface area (Å²) in [5, 5.41) is 63.0. The van der Waals surface area contributed by atoms with E-state index in [2.05, 4.69) is 16.0 Å². The highest BCUT2D eigenvalue weighted by Gasteiger charge is 2.22. The van der Waals surface area contributed by atoms with Crippen molar-refractivity contribution < 1.29 is 73.8 Å². The topological polar surface area (TPSA) is 311 Å². The highest BCUT2D eigenvalue weighted by Crippen LogP contribution is 2.23. The molecule has 4 aromatic rings. The Morgan fingerprint density at radius 2 is 0.529 bits per heavy atom. The van der Waals surface area contributed by atoms with Crippen molar-refractivity contribution in [2.75, 3.05) is 16.0 Å². The number of anilines is 3. The Bertz CT molecular complexity index is 1970. The van der Waals surface area contributed by atoms with Crippen LogP contribution < -0.4 is 16.0 Å². The predicted octanol–water partition coefficient (Wildman–Crippen LogP) is 3.63. The van der Waals surface area contributed by atoms with E-state index < -0.39 is 104 Å². The summed E-state index contributed by atoms with van der Waals surface area (Å²) in [5.74, 6) is -12.6. The average Bonchev–Trinajstić information content (AvgIpc) is 3.07.